The molecule has 1 saturated heterocycles. The minimum absolute atomic E-state index is 0.112. The summed E-state index contributed by atoms with van der Waals surface area (Å²) in [6.07, 6.45) is 1.91. The summed E-state index contributed by atoms with van der Waals surface area (Å²) in [6, 6.07) is 14.5. The first-order valence-corrected chi connectivity index (χ1v) is 12.4. The average molecular weight is 445 g/mol. The van der Waals surface area contributed by atoms with Crippen LogP contribution in [0.25, 0.3) is 0 Å². The number of likely N-dealkylation sites (tertiary alicyclic amines) is 1. The van der Waals surface area contributed by atoms with Gasteiger partial charge in [-0.3, -0.25) is 4.79 Å². The van der Waals surface area contributed by atoms with Crippen molar-refractivity contribution in [3.63, 3.8) is 0 Å². The zero-order valence-electron chi connectivity index (χ0n) is 18.6. The van der Waals surface area contributed by atoms with E-state index < -0.39 is 10.0 Å². The van der Waals surface area contributed by atoms with Crippen LogP contribution in [0.4, 0.5) is 0 Å². The molecule has 2 aromatic carbocycles. The van der Waals surface area contributed by atoms with E-state index in [2.05, 4.69) is 0 Å². The van der Waals surface area contributed by atoms with Gasteiger partial charge in [0, 0.05) is 37.7 Å². The van der Waals surface area contributed by atoms with Crippen LogP contribution in [0, 0.1) is 12.8 Å². The molecule has 7 heteroatoms. The van der Waals surface area contributed by atoms with Gasteiger partial charge in [-0.05, 0) is 49.6 Å². The second kappa shape index (κ2) is 10.3. The Morgan fingerprint density at radius 3 is 2.52 bits per heavy atom. The number of para-hydroxylation sites is 1. The quantitative estimate of drug-likeness (QED) is 0.618. The van der Waals surface area contributed by atoms with Crippen molar-refractivity contribution in [3.8, 4) is 5.75 Å². The molecule has 1 atom stereocenters. The highest BCUT2D eigenvalue weighted by Gasteiger charge is 2.28. The van der Waals surface area contributed by atoms with Gasteiger partial charge in [0.05, 0.1) is 11.5 Å². The molecular weight excluding hydrogens is 412 g/mol. The van der Waals surface area contributed by atoms with E-state index in [0.717, 1.165) is 24.2 Å². The molecule has 0 N–H and O–H groups in total. The summed E-state index contributed by atoms with van der Waals surface area (Å²) in [6.45, 7) is 8.10. The highest BCUT2D eigenvalue weighted by Crippen LogP contribution is 2.24. The monoisotopic (exact) mass is 444 g/mol. The van der Waals surface area contributed by atoms with Crippen molar-refractivity contribution in [1.82, 2.24) is 9.21 Å². The summed E-state index contributed by atoms with van der Waals surface area (Å²) in [5, 5.41) is 0. The van der Waals surface area contributed by atoms with Crippen LogP contribution in [-0.2, 0) is 10.0 Å². The molecule has 31 heavy (non-hydrogen) atoms. The van der Waals surface area contributed by atoms with Crippen molar-refractivity contribution < 1.29 is 17.9 Å². The summed E-state index contributed by atoms with van der Waals surface area (Å²) in [4.78, 5) is 15.3. The van der Waals surface area contributed by atoms with Crippen LogP contribution in [-0.4, -0.2) is 56.3 Å². The number of carbonyl (C=O) groups is 1. The van der Waals surface area contributed by atoms with Crippen molar-refractivity contribution in [2.45, 2.75) is 38.5 Å². The zero-order chi connectivity index (χ0) is 22.4. The Hall–Kier alpha value is -2.38. The summed E-state index contributed by atoms with van der Waals surface area (Å²) >= 11 is 0. The van der Waals surface area contributed by atoms with E-state index in [1.807, 2.05) is 56.0 Å². The predicted molar refractivity (Wildman–Crippen MR) is 122 cm³/mol. The molecule has 2 aromatic rings. The molecule has 0 aromatic heterocycles. The molecule has 0 aliphatic carbocycles. The lowest BCUT2D eigenvalue weighted by atomic mass is 9.97. The van der Waals surface area contributed by atoms with Crippen molar-refractivity contribution in [2.75, 3.05) is 32.8 Å². The normalized spacial score (nSPS) is 17.0. The van der Waals surface area contributed by atoms with Gasteiger partial charge in [0.1, 0.15) is 5.75 Å². The smallest absolute Gasteiger partial charge is 0.254 e. The average Bonchev–Trinajstić information content (AvgIpc) is 2.79. The Balaban J connectivity index is 1.74. The van der Waals surface area contributed by atoms with Gasteiger partial charge in [-0.2, -0.15) is 4.31 Å². The van der Waals surface area contributed by atoms with Gasteiger partial charge in [0.25, 0.3) is 5.91 Å². The molecule has 6 nitrogen and oxygen atoms in total. The maximum Gasteiger partial charge on any atom is 0.254 e. The van der Waals surface area contributed by atoms with Crippen LogP contribution in [0.3, 0.4) is 0 Å². The van der Waals surface area contributed by atoms with E-state index in [9.17, 15) is 13.2 Å². The molecule has 1 aliphatic rings. The number of hydrogen-bond donors (Lipinski definition) is 0. The molecule has 0 radical (unpaired) electrons. The maximum atomic E-state index is 13.3. The van der Waals surface area contributed by atoms with Gasteiger partial charge in [0.15, 0.2) is 0 Å². The fourth-order valence-corrected chi connectivity index (χ4v) is 5.48. The molecule has 0 saturated carbocycles. The van der Waals surface area contributed by atoms with Crippen LogP contribution >= 0.6 is 0 Å². The third-order valence-corrected chi connectivity index (χ3v) is 7.86. The van der Waals surface area contributed by atoms with Gasteiger partial charge in [-0.15, -0.1) is 0 Å². The van der Waals surface area contributed by atoms with Crippen molar-refractivity contribution in [3.05, 3.63) is 59.7 Å². The molecule has 1 heterocycles. The maximum absolute atomic E-state index is 13.3. The van der Waals surface area contributed by atoms with Crippen molar-refractivity contribution >= 4 is 15.9 Å². The van der Waals surface area contributed by atoms with E-state index in [4.69, 9.17) is 4.74 Å². The Morgan fingerprint density at radius 1 is 1.13 bits per heavy atom. The lowest BCUT2D eigenvalue weighted by molar-refractivity contribution is 0.0632. The molecule has 1 unspecified atom stereocenters. The van der Waals surface area contributed by atoms with Crippen LogP contribution < -0.4 is 4.74 Å². The largest absolute Gasteiger partial charge is 0.493 e. The second-order valence-electron chi connectivity index (χ2n) is 7.95. The topological polar surface area (TPSA) is 66.9 Å². The second-order valence-corrected chi connectivity index (χ2v) is 9.89. The summed E-state index contributed by atoms with van der Waals surface area (Å²) in [5.41, 5.74) is 1.24. The van der Waals surface area contributed by atoms with Gasteiger partial charge >= 0.3 is 0 Å². The highest BCUT2D eigenvalue weighted by molar-refractivity contribution is 7.89. The lowest BCUT2D eigenvalue weighted by Crippen LogP contribution is -2.42. The fourth-order valence-electron chi connectivity index (χ4n) is 3.99. The van der Waals surface area contributed by atoms with E-state index in [-0.39, 0.29) is 16.7 Å². The lowest BCUT2D eigenvalue weighted by Gasteiger charge is -2.33. The van der Waals surface area contributed by atoms with E-state index >= 15 is 0 Å². The van der Waals surface area contributed by atoms with E-state index in [1.165, 1.54) is 10.4 Å². The van der Waals surface area contributed by atoms with Crippen LogP contribution in [0.1, 0.15) is 42.6 Å². The Kier molecular flexibility index (Phi) is 7.73. The number of ether oxygens (including phenoxy) is 1. The predicted octanol–water partition coefficient (Wildman–Crippen LogP) is 3.96. The number of hydrogen-bond acceptors (Lipinski definition) is 4. The fraction of sp³-hybridized carbons (Fsp3) is 0.458. The van der Waals surface area contributed by atoms with E-state index in [0.29, 0.717) is 38.3 Å². The zero-order valence-corrected chi connectivity index (χ0v) is 19.4. The number of nitrogens with zero attached hydrogens (tertiary/aromatic N) is 2. The van der Waals surface area contributed by atoms with Gasteiger partial charge < -0.3 is 9.64 Å². The molecule has 1 amide bonds. The van der Waals surface area contributed by atoms with Crippen LogP contribution in [0.5, 0.6) is 5.75 Å². The van der Waals surface area contributed by atoms with E-state index in [1.54, 1.807) is 12.1 Å². The van der Waals surface area contributed by atoms with Crippen LogP contribution in [0.2, 0.25) is 0 Å². The molecule has 0 spiro atoms. The Labute approximate surface area is 185 Å². The number of rotatable bonds is 8. The molecule has 3 rings (SSSR count). The Bertz CT molecular complexity index is 988. The number of carbonyl (C=O) groups excluding carboxylic acids is 1. The minimum atomic E-state index is -3.61. The third kappa shape index (κ3) is 5.46. The number of aryl methyl sites for hydroxylation is 1. The summed E-state index contributed by atoms with van der Waals surface area (Å²) < 4.78 is 33.1. The molecular formula is C24H32N2O4S. The first-order chi connectivity index (χ1) is 14.9. The van der Waals surface area contributed by atoms with Crippen LogP contribution in [0.15, 0.2) is 53.4 Å². The summed E-state index contributed by atoms with van der Waals surface area (Å²) in [7, 11) is -3.61. The van der Waals surface area contributed by atoms with Crippen molar-refractivity contribution in [2.24, 2.45) is 5.92 Å². The molecule has 0 bridgehead atoms. The number of benzene rings is 2. The number of piperidine rings is 1. The third-order valence-electron chi connectivity index (χ3n) is 5.82. The SMILES string of the molecule is CCN(CC)S(=O)(=O)c1ccc(C)c(C(=O)N2CCCC(COc3ccccc3)C2)c1. The molecule has 1 fully saturated rings. The van der Waals surface area contributed by atoms with Gasteiger partial charge in [0.2, 0.25) is 10.0 Å². The Morgan fingerprint density at radius 2 is 1.84 bits per heavy atom. The molecule has 168 valence electrons. The summed E-state index contributed by atoms with van der Waals surface area (Å²) in [5.74, 6) is 0.968. The van der Waals surface area contributed by atoms with Gasteiger partial charge in [-0.1, -0.05) is 38.1 Å². The minimum Gasteiger partial charge on any atom is -0.493 e. The van der Waals surface area contributed by atoms with Crippen molar-refractivity contribution in [1.29, 1.82) is 0 Å². The standard InChI is InChI=1S/C24H32N2O4S/c1-4-26(5-2)31(28,29)22-14-13-19(3)23(16-22)24(27)25-15-9-10-20(17-25)18-30-21-11-7-6-8-12-21/h6-8,11-14,16,20H,4-5,9-10,15,17-18H2,1-3H3. The highest BCUT2D eigenvalue weighted by atomic mass is 32.2. The number of amides is 1. The molecule has 1 aliphatic heterocycles. The first kappa shape index (κ1) is 23.3. The first-order valence-electron chi connectivity index (χ1n) is 10.9. The van der Waals surface area contributed by atoms with Gasteiger partial charge in [-0.25, -0.2) is 8.42 Å². The number of sulfonamides is 1.